The molecule has 0 saturated carbocycles. The van der Waals surface area contributed by atoms with Crippen molar-refractivity contribution in [2.75, 3.05) is 13.2 Å². The molecule has 2 fully saturated rings. The SMILES string of the molecule is CC(C)=C[C@@H]1OC(=O)C(=CCO[C@@H]2O[C@@H](COC(=O)C=Cc3ccc(O)cc3)[C@@H](O)[C@@H](O)[C@H]2O)[C@@H]1O. The van der Waals surface area contributed by atoms with Crippen molar-refractivity contribution in [2.24, 2.45) is 0 Å². The fraction of sp³-hybridized carbons (Fsp3) is 0.440. The number of carbonyl (C=O) groups is 2. The first-order valence-electron chi connectivity index (χ1n) is 11.3. The van der Waals surface area contributed by atoms with Gasteiger partial charge >= 0.3 is 11.9 Å². The minimum atomic E-state index is -1.66. The maximum Gasteiger partial charge on any atom is 0.337 e. The largest absolute Gasteiger partial charge is 0.508 e. The van der Waals surface area contributed by atoms with Crippen LogP contribution in [0.25, 0.3) is 6.08 Å². The zero-order valence-corrected chi connectivity index (χ0v) is 19.8. The van der Waals surface area contributed by atoms with Crippen LogP contribution in [0.1, 0.15) is 19.4 Å². The number of aliphatic hydroxyl groups excluding tert-OH is 4. The number of hydrogen-bond donors (Lipinski definition) is 5. The summed E-state index contributed by atoms with van der Waals surface area (Å²) in [5.41, 5.74) is 1.48. The summed E-state index contributed by atoms with van der Waals surface area (Å²) in [6.45, 7) is 2.87. The lowest BCUT2D eigenvalue weighted by atomic mass is 9.99. The highest BCUT2D eigenvalue weighted by Gasteiger charge is 2.45. The Kier molecular flexibility index (Phi) is 9.37. The van der Waals surface area contributed by atoms with Gasteiger partial charge < -0.3 is 44.5 Å². The molecule has 1 aromatic rings. The van der Waals surface area contributed by atoms with E-state index in [1.54, 1.807) is 32.1 Å². The molecule has 2 aliphatic rings. The van der Waals surface area contributed by atoms with Crippen molar-refractivity contribution < 1.29 is 54.1 Å². The van der Waals surface area contributed by atoms with E-state index in [0.717, 1.165) is 11.6 Å². The number of ether oxygens (including phenoxy) is 4. The number of cyclic esters (lactones) is 1. The van der Waals surface area contributed by atoms with Crippen molar-refractivity contribution in [1.82, 2.24) is 0 Å². The third-order valence-corrected chi connectivity index (χ3v) is 5.53. The van der Waals surface area contributed by atoms with Gasteiger partial charge in [0.25, 0.3) is 0 Å². The number of phenols is 1. The van der Waals surface area contributed by atoms with E-state index in [1.165, 1.54) is 24.3 Å². The van der Waals surface area contributed by atoms with Gasteiger partial charge in [-0.25, -0.2) is 9.59 Å². The van der Waals surface area contributed by atoms with Gasteiger partial charge in [0.15, 0.2) is 12.4 Å². The van der Waals surface area contributed by atoms with E-state index in [9.17, 15) is 35.1 Å². The summed E-state index contributed by atoms with van der Waals surface area (Å²) in [6, 6.07) is 6.10. The minimum Gasteiger partial charge on any atom is -0.508 e. The Bertz CT molecular complexity index is 1010. The van der Waals surface area contributed by atoms with Gasteiger partial charge in [-0.1, -0.05) is 17.7 Å². The molecular weight excluding hydrogens is 476 g/mol. The van der Waals surface area contributed by atoms with Crippen LogP contribution >= 0.6 is 0 Å². The van der Waals surface area contributed by atoms with Crippen molar-refractivity contribution in [2.45, 2.75) is 56.8 Å². The van der Waals surface area contributed by atoms with Crippen LogP contribution in [0, 0.1) is 0 Å². The lowest BCUT2D eigenvalue weighted by molar-refractivity contribution is -0.299. The van der Waals surface area contributed by atoms with Crippen LogP contribution in [0.2, 0.25) is 0 Å². The first-order valence-corrected chi connectivity index (χ1v) is 11.3. The summed E-state index contributed by atoms with van der Waals surface area (Å²) in [5, 5.41) is 50.2. The average molecular weight is 507 g/mol. The first kappa shape index (κ1) is 27.5. The molecule has 0 bridgehead atoms. The summed E-state index contributed by atoms with van der Waals surface area (Å²) in [5.74, 6) is -1.38. The third-order valence-electron chi connectivity index (χ3n) is 5.53. The van der Waals surface area contributed by atoms with Gasteiger partial charge in [0.1, 0.15) is 42.9 Å². The second kappa shape index (κ2) is 12.3. The lowest BCUT2D eigenvalue weighted by Gasteiger charge is -2.39. The van der Waals surface area contributed by atoms with Crippen molar-refractivity contribution in [3.05, 3.63) is 59.2 Å². The smallest absolute Gasteiger partial charge is 0.337 e. The second-order valence-corrected chi connectivity index (χ2v) is 8.62. The van der Waals surface area contributed by atoms with Gasteiger partial charge in [-0.05, 0) is 49.8 Å². The van der Waals surface area contributed by atoms with E-state index in [2.05, 4.69) is 0 Å². The molecule has 11 nitrogen and oxygen atoms in total. The van der Waals surface area contributed by atoms with Crippen LogP contribution < -0.4 is 0 Å². The standard InChI is InChI=1S/C25H30O11/c1-13(2)11-17-20(28)16(24(32)35-17)9-10-33-25-23(31)22(30)21(29)18(36-25)12-34-19(27)8-5-14-3-6-15(26)7-4-14/h3-9,11,17-18,20-23,25-26,28-31H,10,12H2,1-2H3/t17-,18-,20-,21+,22+,23+,25+/m0/s1. The molecule has 3 rings (SSSR count). The molecule has 11 heteroatoms. The number of benzene rings is 1. The molecule has 0 amide bonds. The summed E-state index contributed by atoms with van der Waals surface area (Å²) >= 11 is 0. The predicted molar refractivity (Wildman–Crippen MR) is 124 cm³/mol. The molecule has 2 heterocycles. The molecule has 36 heavy (non-hydrogen) atoms. The number of carbonyl (C=O) groups excluding carboxylic acids is 2. The Morgan fingerprint density at radius 2 is 1.75 bits per heavy atom. The van der Waals surface area contributed by atoms with E-state index in [-0.39, 0.29) is 17.9 Å². The quantitative estimate of drug-likeness (QED) is 0.182. The Balaban J connectivity index is 1.55. The Labute approximate surface area is 207 Å². The van der Waals surface area contributed by atoms with Crippen molar-refractivity contribution in [3.8, 4) is 5.75 Å². The van der Waals surface area contributed by atoms with Crippen LogP contribution in [-0.4, -0.2) is 93.6 Å². The number of aliphatic hydroxyl groups is 4. The summed E-state index contributed by atoms with van der Waals surface area (Å²) in [6.07, 6.45) is -3.99. The van der Waals surface area contributed by atoms with Gasteiger partial charge in [-0.3, -0.25) is 0 Å². The fourth-order valence-corrected chi connectivity index (χ4v) is 3.60. The summed E-state index contributed by atoms with van der Waals surface area (Å²) < 4.78 is 21.1. The molecule has 0 aliphatic carbocycles. The third kappa shape index (κ3) is 7.00. The normalized spacial score (nSPS) is 31.4. The van der Waals surface area contributed by atoms with Crippen molar-refractivity contribution in [3.63, 3.8) is 0 Å². The number of rotatable bonds is 8. The van der Waals surface area contributed by atoms with Crippen LogP contribution in [0.15, 0.2) is 53.6 Å². The molecule has 0 aromatic heterocycles. The zero-order valence-electron chi connectivity index (χ0n) is 19.8. The maximum absolute atomic E-state index is 12.0. The molecule has 2 saturated heterocycles. The highest BCUT2D eigenvalue weighted by Crippen LogP contribution is 2.25. The molecule has 196 valence electrons. The lowest BCUT2D eigenvalue weighted by Crippen LogP contribution is -2.59. The van der Waals surface area contributed by atoms with Gasteiger partial charge in [0, 0.05) is 6.08 Å². The summed E-state index contributed by atoms with van der Waals surface area (Å²) in [4.78, 5) is 24.0. The second-order valence-electron chi connectivity index (χ2n) is 8.62. The number of allylic oxidation sites excluding steroid dienone is 1. The van der Waals surface area contributed by atoms with Crippen molar-refractivity contribution in [1.29, 1.82) is 0 Å². The molecule has 7 atom stereocenters. The van der Waals surface area contributed by atoms with Gasteiger partial charge in [0.2, 0.25) is 0 Å². The molecule has 5 N–H and O–H groups in total. The molecule has 2 aliphatic heterocycles. The summed E-state index contributed by atoms with van der Waals surface area (Å²) in [7, 11) is 0. The van der Waals surface area contributed by atoms with Gasteiger partial charge in [-0.2, -0.15) is 0 Å². The highest BCUT2D eigenvalue weighted by molar-refractivity contribution is 5.92. The van der Waals surface area contributed by atoms with E-state index in [0.29, 0.717) is 5.56 Å². The van der Waals surface area contributed by atoms with E-state index < -0.39 is 61.5 Å². The molecule has 0 unspecified atom stereocenters. The van der Waals surface area contributed by atoms with Crippen molar-refractivity contribution >= 4 is 18.0 Å². The first-order chi connectivity index (χ1) is 17.1. The monoisotopic (exact) mass is 506 g/mol. The van der Waals surface area contributed by atoms with Crippen LogP contribution in [-0.2, 0) is 28.5 Å². The Hall–Kier alpha value is -3.06. The Morgan fingerprint density at radius 1 is 1.06 bits per heavy atom. The van der Waals surface area contributed by atoms with E-state index in [1.807, 2.05) is 0 Å². The Morgan fingerprint density at radius 3 is 2.42 bits per heavy atom. The van der Waals surface area contributed by atoms with Crippen LogP contribution in [0.5, 0.6) is 5.75 Å². The topological polar surface area (TPSA) is 172 Å². The van der Waals surface area contributed by atoms with Gasteiger partial charge in [-0.15, -0.1) is 0 Å². The molecule has 0 radical (unpaired) electrons. The number of aromatic hydroxyl groups is 1. The fourth-order valence-electron chi connectivity index (χ4n) is 3.60. The van der Waals surface area contributed by atoms with E-state index >= 15 is 0 Å². The minimum absolute atomic E-state index is 0.0192. The predicted octanol–water partition coefficient (Wildman–Crippen LogP) is -0.0483. The van der Waals surface area contributed by atoms with Gasteiger partial charge in [0.05, 0.1) is 12.2 Å². The van der Waals surface area contributed by atoms with Crippen LogP contribution in [0.3, 0.4) is 0 Å². The number of esters is 2. The average Bonchev–Trinajstić information content (AvgIpc) is 3.09. The maximum atomic E-state index is 12.0. The van der Waals surface area contributed by atoms with Crippen LogP contribution in [0.4, 0.5) is 0 Å². The molecular formula is C25H30O11. The highest BCUT2D eigenvalue weighted by atomic mass is 16.7. The number of phenolic OH excluding ortho intramolecular Hbond substituents is 1. The molecule has 0 spiro atoms. The number of hydrogen-bond acceptors (Lipinski definition) is 11. The molecule has 1 aromatic carbocycles. The van der Waals surface area contributed by atoms with E-state index in [4.69, 9.17) is 18.9 Å². The zero-order chi connectivity index (χ0) is 26.4.